The number of nitrogens with zero attached hydrogens (tertiary/aromatic N) is 1. The molecule has 0 aromatic rings. The van der Waals surface area contributed by atoms with E-state index in [1.807, 2.05) is 0 Å². The van der Waals surface area contributed by atoms with Crippen LogP contribution in [0.15, 0.2) is 0 Å². The molecule has 17 heavy (non-hydrogen) atoms. The van der Waals surface area contributed by atoms with Crippen molar-refractivity contribution in [3.05, 3.63) is 0 Å². The summed E-state index contributed by atoms with van der Waals surface area (Å²) < 4.78 is 0. The number of nitrogens with one attached hydrogen (secondary N) is 1. The predicted octanol–water partition coefficient (Wildman–Crippen LogP) is 2.35. The van der Waals surface area contributed by atoms with Gasteiger partial charge in [0.15, 0.2) is 0 Å². The van der Waals surface area contributed by atoms with Gasteiger partial charge in [0, 0.05) is 18.3 Å². The Labute approximate surface area is 110 Å². The van der Waals surface area contributed by atoms with Gasteiger partial charge in [0.2, 0.25) is 0 Å². The highest BCUT2D eigenvalue weighted by Crippen LogP contribution is 2.39. The lowest BCUT2D eigenvalue weighted by molar-refractivity contribution is 0.0359. The molecule has 0 aromatic heterocycles. The SMILES string of the molecule is C1CSC[C@H](N2CCCC3(CCNCC3)C2)C1. The number of likely N-dealkylation sites (tertiary alicyclic amines) is 1. The maximum atomic E-state index is 3.53. The van der Waals surface area contributed by atoms with Crippen LogP contribution >= 0.6 is 11.8 Å². The normalized spacial score (nSPS) is 34.9. The summed E-state index contributed by atoms with van der Waals surface area (Å²) in [4.78, 5) is 2.85. The van der Waals surface area contributed by atoms with E-state index in [0.717, 1.165) is 6.04 Å². The summed E-state index contributed by atoms with van der Waals surface area (Å²) in [7, 11) is 0. The van der Waals surface area contributed by atoms with Crippen LogP contribution in [0.1, 0.15) is 38.5 Å². The fourth-order valence-electron chi connectivity index (χ4n) is 3.93. The summed E-state index contributed by atoms with van der Waals surface area (Å²) in [5.41, 5.74) is 0.686. The predicted molar refractivity (Wildman–Crippen MR) is 75.7 cm³/mol. The molecule has 0 aliphatic carbocycles. The van der Waals surface area contributed by atoms with E-state index in [2.05, 4.69) is 22.0 Å². The Morgan fingerprint density at radius 3 is 2.76 bits per heavy atom. The molecule has 3 aliphatic heterocycles. The minimum atomic E-state index is 0.686. The molecule has 98 valence electrons. The van der Waals surface area contributed by atoms with Gasteiger partial charge in [-0.2, -0.15) is 11.8 Å². The van der Waals surface area contributed by atoms with Crippen molar-refractivity contribution in [1.29, 1.82) is 0 Å². The number of rotatable bonds is 1. The number of hydrogen-bond acceptors (Lipinski definition) is 3. The third kappa shape index (κ3) is 2.82. The molecule has 0 amide bonds. The van der Waals surface area contributed by atoms with Crippen molar-refractivity contribution in [2.45, 2.75) is 44.6 Å². The van der Waals surface area contributed by atoms with E-state index < -0.39 is 0 Å². The van der Waals surface area contributed by atoms with Crippen molar-refractivity contribution < 1.29 is 0 Å². The molecule has 3 aliphatic rings. The highest BCUT2D eigenvalue weighted by molar-refractivity contribution is 7.99. The maximum absolute atomic E-state index is 3.53. The van der Waals surface area contributed by atoms with E-state index in [-0.39, 0.29) is 0 Å². The van der Waals surface area contributed by atoms with Crippen LogP contribution in [0.3, 0.4) is 0 Å². The Balaban J connectivity index is 1.61. The van der Waals surface area contributed by atoms with Gasteiger partial charge in [-0.05, 0) is 69.3 Å². The van der Waals surface area contributed by atoms with Gasteiger partial charge in [-0.25, -0.2) is 0 Å². The van der Waals surface area contributed by atoms with Gasteiger partial charge in [0.25, 0.3) is 0 Å². The molecule has 3 rings (SSSR count). The van der Waals surface area contributed by atoms with Crippen molar-refractivity contribution in [1.82, 2.24) is 10.2 Å². The zero-order chi connectivity index (χ0) is 11.6. The Morgan fingerprint density at radius 1 is 1.12 bits per heavy atom. The summed E-state index contributed by atoms with van der Waals surface area (Å²) >= 11 is 2.18. The average Bonchev–Trinajstić information content (AvgIpc) is 2.41. The van der Waals surface area contributed by atoms with Crippen LogP contribution in [0, 0.1) is 5.41 Å². The topological polar surface area (TPSA) is 15.3 Å². The van der Waals surface area contributed by atoms with Crippen LogP contribution in [0.2, 0.25) is 0 Å². The molecule has 3 fully saturated rings. The molecule has 0 saturated carbocycles. The van der Waals surface area contributed by atoms with Crippen LogP contribution in [-0.4, -0.2) is 48.6 Å². The van der Waals surface area contributed by atoms with Crippen LogP contribution in [0.5, 0.6) is 0 Å². The first-order valence-electron chi connectivity index (χ1n) is 7.41. The summed E-state index contributed by atoms with van der Waals surface area (Å²) in [6, 6.07) is 0.904. The highest BCUT2D eigenvalue weighted by atomic mass is 32.2. The molecule has 2 nitrogen and oxygen atoms in total. The molecule has 1 spiro atoms. The molecule has 3 heteroatoms. The molecule has 0 aromatic carbocycles. The van der Waals surface area contributed by atoms with Gasteiger partial charge in [0.05, 0.1) is 0 Å². The Kier molecular flexibility index (Phi) is 3.98. The van der Waals surface area contributed by atoms with Crippen LogP contribution < -0.4 is 5.32 Å². The highest BCUT2D eigenvalue weighted by Gasteiger charge is 2.38. The first-order valence-corrected chi connectivity index (χ1v) is 8.56. The largest absolute Gasteiger partial charge is 0.317 e. The van der Waals surface area contributed by atoms with Gasteiger partial charge >= 0.3 is 0 Å². The monoisotopic (exact) mass is 254 g/mol. The smallest absolute Gasteiger partial charge is 0.0186 e. The summed E-state index contributed by atoms with van der Waals surface area (Å²) in [6.07, 6.45) is 8.68. The summed E-state index contributed by atoms with van der Waals surface area (Å²) in [6.45, 7) is 5.29. The van der Waals surface area contributed by atoms with E-state index >= 15 is 0 Å². The minimum absolute atomic E-state index is 0.686. The number of piperidine rings is 2. The van der Waals surface area contributed by atoms with Gasteiger partial charge in [-0.15, -0.1) is 0 Å². The second kappa shape index (κ2) is 5.50. The lowest BCUT2D eigenvalue weighted by atomic mass is 9.72. The zero-order valence-electron chi connectivity index (χ0n) is 10.9. The second-order valence-electron chi connectivity index (χ2n) is 6.19. The maximum Gasteiger partial charge on any atom is 0.0186 e. The molecule has 3 saturated heterocycles. The van der Waals surface area contributed by atoms with E-state index in [1.165, 1.54) is 76.2 Å². The van der Waals surface area contributed by atoms with E-state index in [4.69, 9.17) is 0 Å². The molecular weight excluding hydrogens is 228 g/mol. The first-order chi connectivity index (χ1) is 8.38. The van der Waals surface area contributed by atoms with E-state index in [0.29, 0.717) is 5.41 Å². The summed E-state index contributed by atoms with van der Waals surface area (Å²) in [5, 5.41) is 3.53. The van der Waals surface area contributed by atoms with Crippen LogP contribution in [0.25, 0.3) is 0 Å². The molecule has 0 bridgehead atoms. The number of thioether (sulfide) groups is 1. The lowest BCUT2D eigenvalue weighted by Crippen LogP contribution is -2.52. The fourth-order valence-corrected chi connectivity index (χ4v) is 5.12. The second-order valence-corrected chi connectivity index (χ2v) is 7.34. The van der Waals surface area contributed by atoms with Crippen molar-refractivity contribution >= 4 is 11.8 Å². The van der Waals surface area contributed by atoms with Gasteiger partial charge < -0.3 is 5.32 Å². The third-order valence-corrected chi connectivity index (χ3v) is 6.21. The van der Waals surface area contributed by atoms with E-state index in [9.17, 15) is 0 Å². The molecule has 3 heterocycles. The standard InChI is InChI=1S/C14H26N2S/c1-3-13(11-17-10-1)16-9-2-4-14(12-16)5-7-15-8-6-14/h13,15H,1-12H2/t13-/m1/s1. The zero-order valence-corrected chi connectivity index (χ0v) is 11.7. The van der Waals surface area contributed by atoms with Crippen molar-refractivity contribution in [2.75, 3.05) is 37.7 Å². The molecule has 0 unspecified atom stereocenters. The van der Waals surface area contributed by atoms with E-state index in [1.54, 1.807) is 0 Å². The quantitative estimate of drug-likeness (QED) is 0.773. The van der Waals surface area contributed by atoms with Crippen molar-refractivity contribution in [3.8, 4) is 0 Å². The Bertz CT molecular complexity index is 239. The molecular formula is C14H26N2S. The fraction of sp³-hybridized carbons (Fsp3) is 1.00. The number of hydrogen-bond donors (Lipinski definition) is 1. The third-order valence-electron chi connectivity index (χ3n) is 5.01. The summed E-state index contributed by atoms with van der Waals surface area (Å²) in [5.74, 6) is 2.80. The lowest BCUT2D eigenvalue weighted by Gasteiger charge is -2.48. The molecule has 0 radical (unpaired) electrons. The minimum Gasteiger partial charge on any atom is -0.317 e. The molecule has 1 N–H and O–H groups in total. The van der Waals surface area contributed by atoms with Crippen LogP contribution in [0.4, 0.5) is 0 Å². The van der Waals surface area contributed by atoms with Gasteiger partial charge in [-0.3, -0.25) is 4.90 Å². The van der Waals surface area contributed by atoms with Gasteiger partial charge in [-0.1, -0.05) is 0 Å². The Morgan fingerprint density at radius 2 is 2.00 bits per heavy atom. The van der Waals surface area contributed by atoms with Crippen molar-refractivity contribution in [2.24, 2.45) is 5.41 Å². The van der Waals surface area contributed by atoms with Gasteiger partial charge in [0.1, 0.15) is 0 Å². The average molecular weight is 254 g/mol. The first kappa shape index (κ1) is 12.3. The molecule has 1 atom stereocenters. The van der Waals surface area contributed by atoms with Crippen molar-refractivity contribution in [3.63, 3.8) is 0 Å². The Hall–Kier alpha value is 0.270. The van der Waals surface area contributed by atoms with Crippen LogP contribution in [-0.2, 0) is 0 Å².